The molecular formula is C16H18N4O5S. The zero-order valence-electron chi connectivity index (χ0n) is 14.1. The van der Waals surface area contributed by atoms with Crippen LogP contribution in [0.4, 0.5) is 0 Å². The zero-order valence-corrected chi connectivity index (χ0v) is 14.9. The van der Waals surface area contributed by atoms with Gasteiger partial charge in [0.05, 0.1) is 5.29 Å². The molecule has 1 aromatic rings. The predicted octanol–water partition coefficient (Wildman–Crippen LogP) is 0.630. The number of carboxylic acids is 1. The number of benzene rings is 1. The fraction of sp³-hybridized carbons (Fsp3) is 0.438. The van der Waals surface area contributed by atoms with Crippen LogP contribution in [0.15, 0.2) is 35.6 Å². The molecular weight excluding hydrogens is 360 g/mol. The number of rotatable bonds is 4. The van der Waals surface area contributed by atoms with Crippen molar-refractivity contribution in [3.63, 3.8) is 0 Å². The molecule has 2 aliphatic rings. The summed E-state index contributed by atoms with van der Waals surface area (Å²) in [5.74, 6) is -2.13. The molecule has 2 aliphatic heterocycles. The number of piperazine rings is 1. The minimum atomic E-state index is -1.21. The Balaban J connectivity index is 1.85. The highest BCUT2D eigenvalue weighted by atomic mass is 32.2. The molecule has 0 aromatic heterocycles. The highest BCUT2D eigenvalue weighted by Crippen LogP contribution is 2.46. The number of nitrogens with zero attached hydrogens (tertiary/aromatic N) is 2. The summed E-state index contributed by atoms with van der Waals surface area (Å²) in [6, 6.07) is 5.62. The number of carbonyl (C=O) groups excluding carboxylic acids is 2. The van der Waals surface area contributed by atoms with Crippen molar-refractivity contribution in [1.82, 2.24) is 15.6 Å². The first-order valence-corrected chi connectivity index (χ1v) is 8.82. The summed E-state index contributed by atoms with van der Waals surface area (Å²) >= 11 is 1.12. The molecule has 4 atom stereocenters. The van der Waals surface area contributed by atoms with Gasteiger partial charge in [-0.1, -0.05) is 30.3 Å². The zero-order chi connectivity index (χ0) is 19.1. The lowest BCUT2D eigenvalue weighted by atomic mass is 10.0. The summed E-state index contributed by atoms with van der Waals surface area (Å²) in [7, 11) is 0. The Hall–Kier alpha value is -2.62. The monoisotopic (exact) mass is 378 g/mol. The van der Waals surface area contributed by atoms with Crippen molar-refractivity contribution in [2.75, 3.05) is 0 Å². The third-order valence-corrected chi connectivity index (χ3v) is 6.04. The molecule has 2 heterocycles. The number of aliphatic carboxylic acids is 1. The van der Waals surface area contributed by atoms with E-state index in [-0.39, 0.29) is 0 Å². The molecule has 2 amide bonds. The van der Waals surface area contributed by atoms with Crippen molar-refractivity contribution >= 4 is 29.5 Å². The van der Waals surface area contributed by atoms with Crippen LogP contribution in [0.5, 0.6) is 0 Å². The smallest absolute Gasteiger partial charge is 0.329 e. The van der Waals surface area contributed by atoms with E-state index < -0.39 is 46.0 Å². The number of carboxylic acid groups (broad SMARTS) is 1. The Morgan fingerprint density at radius 1 is 1.19 bits per heavy atom. The van der Waals surface area contributed by atoms with E-state index in [4.69, 9.17) is 0 Å². The molecule has 3 N–H and O–H groups in total. The Morgan fingerprint density at radius 3 is 2.42 bits per heavy atom. The Labute approximate surface area is 153 Å². The van der Waals surface area contributed by atoms with Gasteiger partial charge in [-0.25, -0.2) is 9.80 Å². The number of thioether (sulfide) groups is 1. The number of nitrogens with one attached hydrogen (secondary N) is 2. The molecule has 3 unspecified atom stereocenters. The van der Waals surface area contributed by atoms with Crippen LogP contribution >= 0.6 is 11.8 Å². The molecule has 10 heteroatoms. The van der Waals surface area contributed by atoms with Crippen LogP contribution in [0.1, 0.15) is 25.5 Å². The SMILES string of the molecule is CC1(C)SC(C2NC(=O)C(c3ccccc3)NC2=O)N(N=O)[C@H]1C(=O)O. The number of hydrogen-bond donors (Lipinski definition) is 3. The summed E-state index contributed by atoms with van der Waals surface area (Å²) in [6.07, 6.45) is 0. The molecule has 1 aromatic carbocycles. The van der Waals surface area contributed by atoms with Gasteiger partial charge in [-0.2, -0.15) is 0 Å². The average molecular weight is 378 g/mol. The minimum absolute atomic E-state index is 0.427. The first-order valence-electron chi connectivity index (χ1n) is 7.94. The lowest BCUT2D eigenvalue weighted by Gasteiger charge is -2.34. The van der Waals surface area contributed by atoms with Crippen LogP contribution in [0.25, 0.3) is 0 Å². The lowest BCUT2D eigenvalue weighted by Crippen LogP contribution is -2.63. The van der Waals surface area contributed by atoms with Gasteiger partial charge < -0.3 is 15.7 Å². The first kappa shape index (κ1) is 18.2. The van der Waals surface area contributed by atoms with Crippen LogP contribution < -0.4 is 10.6 Å². The van der Waals surface area contributed by atoms with Crippen LogP contribution in [0.3, 0.4) is 0 Å². The van der Waals surface area contributed by atoms with Gasteiger partial charge in [0.25, 0.3) is 0 Å². The fourth-order valence-electron chi connectivity index (χ4n) is 3.30. The van der Waals surface area contributed by atoms with Crippen molar-refractivity contribution in [2.24, 2.45) is 5.29 Å². The van der Waals surface area contributed by atoms with Crippen LogP contribution in [0, 0.1) is 4.91 Å². The molecule has 0 bridgehead atoms. The van der Waals surface area contributed by atoms with Crippen molar-refractivity contribution < 1.29 is 19.5 Å². The summed E-state index contributed by atoms with van der Waals surface area (Å²) in [4.78, 5) is 48.0. The van der Waals surface area contributed by atoms with Crippen LogP contribution in [-0.2, 0) is 14.4 Å². The third kappa shape index (κ3) is 3.00. The van der Waals surface area contributed by atoms with Crippen molar-refractivity contribution in [2.45, 2.75) is 42.1 Å². The molecule has 2 saturated heterocycles. The molecule has 3 rings (SSSR count). The van der Waals surface area contributed by atoms with Gasteiger partial charge in [0, 0.05) is 4.75 Å². The van der Waals surface area contributed by atoms with Crippen molar-refractivity contribution in [1.29, 1.82) is 0 Å². The van der Waals surface area contributed by atoms with Gasteiger partial charge in [-0.05, 0) is 19.4 Å². The van der Waals surface area contributed by atoms with Gasteiger partial charge in [0.2, 0.25) is 11.8 Å². The summed E-state index contributed by atoms with van der Waals surface area (Å²) in [6.45, 7) is 3.31. The van der Waals surface area contributed by atoms with Crippen LogP contribution in [-0.4, -0.2) is 50.1 Å². The predicted molar refractivity (Wildman–Crippen MR) is 93.8 cm³/mol. The van der Waals surface area contributed by atoms with Gasteiger partial charge in [-0.15, -0.1) is 16.7 Å². The molecule has 0 saturated carbocycles. The molecule has 9 nitrogen and oxygen atoms in total. The van der Waals surface area contributed by atoms with E-state index in [1.54, 1.807) is 44.2 Å². The van der Waals surface area contributed by atoms with Gasteiger partial charge >= 0.3 is 5.97 Å². The largest absolute Gasteiger partial charge is 0.480 e. The van der Waals surface area contributed by atoms with Crippen molar-refractivity contribution in [3.8, 4) is 0 Å². The number of amides is 2. The standard InChI is InChI=1S/C16H18N4O5S/c1-16(2)11(15(23)24)20(19-25)14(26-16)10-13(22)17-9(12(21)18-10)8-6-4-3-5-7-8/h3-7,9-11,14H,1-2H3,(H,17,22)(H,18,21)(H,23,24)/t9?,10?,11-,14?/m0/s1. The Kier molecular flexibility index (Phi) is 4.61. The van der Waals surface area contributed by atoms with Gasteiger partial charge in [-0.3, -0.25) is 9.59 Å². The Bertz CT molecular complexity index is 756. The highest BCUT2D eigenvalue weighted by Gasteiger charge is 2.57. The molecule has 26 heavy (non-hydrogen) atoms. The third-order valence-electron chi connectivity index (χ3n) is 4.48. The normalized spacial score (nSPS) is 30.5. The maximum absolute atomic E-state index is 12.6. The van der Waals surface area contributed by atoms with Crippen LogP contribution in [0.2, 0.25) is 0 Å². The number of nitroso groups, excluding NO2 is 1. The van der Waals surface area contributed by atoms with E-state index >= 15 is 0 Å². The summed E-state index contributed by atoms with van der Waals surface area (Å²) < 4.78 is -0.869. The summed E-state index contributed by atoms with van der Waals surface area (Å²) in [5.41, 5.74) is 0.630. The molecule has 2 fully saturated rings. The second kappa shape index (κ2) is 6.60. The summed E-state index contributed by atoms with van der Waals surface area (Å²) in [5, 5.41) is 17.5. The highest BCUT2D eigenvalue weighted by molar-refractivity contribution is 8.01. The van der Waals surface area contributed by atoms with E-state index in [2.05, 4.69) is 15.9 Å². The second-order valence-corrected chi connectivity index (χ2v) is 8.42. The topological polar surface area (TPSA) is 128 Å². The Morgan fingerprint density at radius 2 is 1.85 bits per heavy atom. The molecule has 0 spiro atoms. The van der Waals surface area contributed by atoms with Crippen molar-refractivity contribution in [3.05, 3.63) is 40.8 Å². The van der Waals surface area contributed by atoms with E-state index in [9.17, 15) is 24.4 Å². The fourth-order valence-corrected chi connectivity index (χ4v) is 4.86. The second-order valence-electron chi connectivity index (χ2n) is 6.65. The molecule has 138 valence electrons. The van der Waals surface area contributed by atoms with E-state index in [0.29, 0.717) is 5.56 Å². The average Bonchev–Trinajstić information content (AvgIpc) is 2.87. The van der Waals surface area contributed by atoms with E-state index in [0.717, 1.165) is 16.8 Å². The molecule has 0 radical (unpaired) electrons. The van der Waals surface area contributed by atoms with E-state index in [1.165, 1.54) is 0 Å². The minimum Gasteiger partial charge on any atom is -0.480 e. The maximum atomic E-state index is 12.6. The maximum Gasteiger partial charge on any atom is 0.329 e. The van der Waals surface area contributed by atoms with E-state index in [1.807, 2.05) is 0 Å². The number of carbonyl (C=O) groups is 3. The van der Waals surface area contributed by atoms with Gasteiger partial charge in [0.15, 0.2) is 6.04 Å². The first-order chi connectivity index (χ1) is 12.3. The number of hydrogen-bond acceptors (Lipinski definition) is 6. The quantitative estimate of drug-likeness (QED) is 0.656. The molecule has 0 aliphatic carbocycles. The lowest BCUT2D eigenvalue weighted by molar-refractivity contribution is -0.145. The van der Waals surface area contributed by atoms with Gasteiger partial charge in [0.1, 0.15) is 17.5 Å².